The Hall–Kier alpha value is -3.18. The fourth-order valence-corrected chi connectivity index (χ4v) is 8.17. The third-order valence-corrected chi connectivity index (χ3v) is 11.2. The van der Waals surface area contributed by atoms with Crippen molar-refractivity contribution < 1.29 is 39.4 Å². The van der Waals surface area contributed by atoms with Gasteiger partial charge in [0.15, 0.2) is 0 Å². The molecule has 7 atom stereocenters. The number of benzene rings is 4. The van der Waals surface area contributed by atoms with Crippen molar-refractivity contribution in [1.82, 2.24) is 0 Å². The van der Waals surface area contributed by atoms with Gasteiger partial charge >= 0.3 is 0 Å². The van der Waals surface area contributed by atoms with Gasteiger partial charge in [-0.15, -0.1) is 0 Å². The fraction of sp³-hybridized carbons (Fsp3) is 0.442. The minimum Gasteiger partial charge on any atom is -0.494 e. The molecule has 8 nitrogen and oxygen atoms in total. The van der Waals surface area contributed by atoms with E-state index in [4.69, 9.17) is 42.1 Å². The quantitative estimate of drug-likeness (QED) is 0.109. The van der Waals surface area contributed by atoms with Crippen LogP contribution in [0.15, 0.2) is 84.9 Å². The van der Waals surface area contributed by atoms with Gasteiger partial charge in [-0.05, 0) is 103 Å². The first-order valence-electron chi connectivity index (χ1n) is 18.5. The van der Waals surface area contributed by atoms with Gasteiger partial charge in [-0.2, -0.15) is 0 Å². The number of aliphatic hydroxyl groups excluding tert-OH is 4. The van der Waals surface area contributed by atoms with Crippen LogP contribution >= 0.6 is 23.2 Å². The van der Waals surface area contributed by atoms with Gasteiger partial charge in [-0.3, -0.25) is 0 Å². The molecule has 2 saturated heterocycles. The minimum atomic E-state index is -1.56. The summed E-state index contributed by atoms with van der Waals surface area (Å²) in [4.78, 5) is 0. The molecule has 0 radical (unpaired) electrons. The van der Waals surface area contributed by atoms with E-state index in [9.17, 15) is 20.4 Å². The highest BCUT2D eigenvalue weighted by Gasteiger charge is 2.53. The van der Waals surface area contributed by atoms with Crippen molar-refractivity contribution in [1.29, 1.82) is 0 Å². The molecule has 10 heteroatoms. The second-order valence-corrected chi connectivity index (χ2v) is 15.3. The molecule has 2 fully saturated rings. The van der Waals surface area contributed by atoms with Gasteiger partial charge in [0.25, 0.3) is 0 Å². The zero-order valence-corrected chi connectivity index (χ0v) is 32.0. The van der Waals surface area contributed by atoms with E-state index in [1.807, 2.05) is 106 Å². The third-order valence-electron chi connectivity index (χ3n) is 10.5. The average Bonchev–Trinajstić information content (AvgIpc) is 3.14. The van der Waals surface area contributed by atoms with E-state index < -0.39 is 48.3 Å². The van der Waals surface area contributed by atoms with E-state index in [0.717, 1.165) is 44.9 Å². The van der Waals surface area contributed by atoms with Gasteiger partial charge < -0.3 is 39.4 Å². The lowest BCUT2D eigenvalue weighted by Crippen LogP contribution is -2.61. The summed E-state index contributed by atoms with van der Waals surface area (Å²) < 4.78 is 24.5. The van der Waals surface area contributed by atoms with Crippen LogP contribution in [0.4, 0.5) is 0 Å². The molecule has 4 N–H and O–H groups in total. The number of rotatable bonds is 13. The van der Waals surface area contributed by atoms with Crippen molar-refractivity contribution in [3.05, 3.63) is 128 Å². The Morgan fingerprint density at radius 3 is 1.85 bits per heavy atom. The second kappa shape index (κ2) is 17.1. The van der Waals surface area contributed by atoms with Gasteiger partial charge in [0.05, 0.1) is 49.8 Å². The molecule has 6 rings (SSSR count). The number of halogens is 2. The lowest BCUT2D eigenvalue weighted by atomic mass is 9.77. The number of aliphatic hydroxyl groups is 4. The van der Waals surface area contributed by atoms with Crippen molar-refractivity contribution >= 4 is 23.2 Å². The monoisotopic (exact) mass is 764 g/mol. The molecule has 0 bridgehead atoms. The van der Waals surface area contributed by atoms with Crippen LogP contribution in [0.2, 0.25) is 10.0 Å². The lowest BCUT2D eigenvalue weighted by Gasteiger charge is -2.50. The highest BCUT2D eigenvalue weighted by molar-refractivity contribution is 6.31. The maximum atomic E-state index is 12.0. The third kappa shape index (κ3) is 9.21. The predicted octanol–water partition coefficient (Wildman–Crippen LogP) is 7.73. The lowest BCUT2D eigenvalue weighted by molar-refractivity contribution is -0.271. The van der Waals surface area contributed by atoms with Gasteiger partial charge in [-0.25, -0.2) is 0 Å². The molecule has 0 spiro atoms. The van der Waals surface area contributed by atoms with Gasteiger partial charge in [0.1, 0.15) is 23.2 Å². The van der Waals surface area contributed by atoms with E-state index >= 15 is 0 Å². The van der Waals surface area contributed by atoms with Crippen molar-refractivity contribution in [2.75, 3.05) is 19.8 Å². The summed E-state index contributed by atoms with van der Waals surface area (Å²) >= 11 is 13.3. The van der Waals surface area contributed by atoms with Gasteiger partial charge in [0, 0.05) is 35.7 Å². The Labute approximate surface area is 322 Å². The summed E-state index contributed by atoms with van der Waals surface area (Å²) in [6, 6.07) is 27.1. The molecule has 284 valence electrons. The van der Waals surface area contributed by atoms with E-state index in [0.29, 0.717) is 42.5 Å². The Bertz CT molecular complexity index is 1820. The van der Waals surface area contributed by atoms with Gasteiger partial charge in [-0.1, -0.05) is 71.7 Å². The highest BCUT2D eigenvalue weighted by Crippen LogP contribution is 2.45. The first kappa shape index (κ1) is 39.5. The molecule has 2 unspecified atom stereocenters. The Morgan fingerprint density at radius 1 is 0.736 bits per heavy atom. The maximum absolute atomic E-state index is 12.0. The molecular weight excluding hydrogens is 715 g/mol. The summed E-state index contributed by atoms with van der Waals surface area (Å²) in [5.74, 6) is 1.60. The summed E-state index contributed by atoms with van der Waals surface area (Å²) in [6.45, 7) is 6.40. The van der Waals surface area contributed by atoms with E-state index in [1.54, 1.807) is 0 Å². The van der Waals surface area contributed by atoms with Crippen molar-refractivity contribution in [2.24, 2.45) is 0 Å². The molecular formula is C43H50Cl2O8. The number of hydrogen-bond acceptors (Lipinski definition) is 8. The highest BCUT2D eigenvalue weighted by atomic mass is 35.5. The van der Waals surface area contributed by atoms with Crippen LogP contribution in [0, 0.1) is 0 Å². The van der Waals surface area contributed by atoms with Crippen LogP contribution in [0.1, 0.15) is 85.9 Å². The summed E-state index contributed by atoms with van der Waals surface area (Å²) in [6.07, 6.45) is -2.76. The first-order valence-corrected chi connectivity index (χ1v) is 19.2. The van der Waals surface area contributed by atoms with Crippen LogP contribution in [-0.2, 0) is 27.9 Å². The Balaban J connectivity index is 1.21. The van der Waals surface area contributed by atoms with Crippen molar-refractivity contribution in [2.45, 2.75) is 101 Å². The Kier molecular flexibility index (Phi) is 12.7. The van der Waals surface area contributed by atoms with Crippen LogP contribution in [0.25, 0.3) is 0 Å². The summed E-state index contributed by atoms with van der Waals surface area (Å²) in [5, 5.41) is 46.5. The summed E-state index contributed by atoms with van der Waals surface area (Å²) in [7, 11) is 0. The topological polar surface area (TPSA) is 118 Å². The number of hydrogen-bond donors (Lipinski definition) is 4. The number of ether oxygens (including phenoxy) is 4. The largest absolute Gasteiger partial charge is 0.494 e. The molecule has 4 aromatic rings. The SMILES string of the molecule is CCOc1ccc(Cc2cc([C@H]3C[C@@H](O)C[C@](CO)(C(O)C4C[C@@H](O)C[C@@](C)(c5ccc(Cl)c(Cc6ccc(OCC)cc6)c5)O4)O3)ccc2Cl)cc1. The molecule has 53 heavy (non-hydrogen) atoms. The molecule has 2 aliphatic rings. The Morgan fingerprint density at radius 2 is 1.28 bits per heavy atom. The standard InChI is InChI=1S/C43H50Cl2O8/c1-4-50-35-12-6-27(7-13-35)18-30-20-29(10-16-37(30)44)39-22-34(48)25-43(26-46,53-39)41(49)40-23-33(47)24-42(3,52-40)32-11-17-38(45)31(21-32)19-28-8-14-36(15-9-28)51-5-2/h6-17,20-21,33-34,39-41,46-49H,4-5,18-19,22-26H2,1-3H3/t33-,34-,39-,40?,41?,42+,43+/m1/s1. The molecule has 0 saturated carbocycles. The molecule has 0 amide bonds. The van der Waals surface area contributed by atoms with Crippen LogP contribution < -0.4 is 9.47 Å². The molecule has 0 aromatic heterocycles. The van der Waals surface area contributed by atoms with Crippen LogP contribution in [0.5, 0.6) is 11.5 Å². The fourth-order valence-electron chi connectivity index (χ4n) is 7.80. The molecule has 0 aliphatic carbocycles. The zero-order valence-electron chi connectivity index (χ0n) is 30.5. The smallest absolute Gasteiger partial charge is 0.123 e. The first-order chi connectivity index (χ1) is 25.4. The van der Waals surface area contributed by atoms with Crippen molar-refractivity contribution in [3.8, 4) is 11.5 Å². The second-order valence-electron chi connectivity index (χ2n) is 14.5. The summed E-state index contributed by atoms with van der Waals surface area (Å²) in [5.41, 5.74) is 2.93. The van der Waals surface area contributed by atoms with E-state index in [-0.39, 0.29) is 19.3 Å². The zero-order chi connectivity index (χ0) is 37.8. The normalized spacial score (nSPS) is 26.6. The molecule has 2 aliphatic heterocycles. The molecule has 4 aromatic carbocycles. The maximum Gasteiger partial charge on any atom is 0.123 e. The minimum absolute atomic E-state index is 0.00631. The van der Waals surface area contributed by atoms with Gasteiger partial charge in [0.2, 0.25) is 0 Å². The van der Waals surface area contributed by atoms with E-state index in [2.05, 4.69) is 0 Å². The predicted molar refractivity (Wildman–Crippen MR) is 206 cm³/mol. The molecule has 2 heterocycles. The van der Waals surface area contributed by atoms with Crippen LogP contribution in [-0.4, -0.2) is 70.3 Å². The van der Waals surface area contributed by atoms with Crippen LogP contribution in [0.3, 0.4) is 0 Å². The van der Waals surface area contributed by atoms with E-state index in [1.165, 1.54) is 0 Å². The average molecular weight is 766 g/mol. The van der Waals surface area contributed by atoms with Crippen molar-refractivity contribution in [3.63, 3.8) is 0 Å².